The Labute approximate surface area is 223 Å². The van der Waals surface area contributed by atoms with E-state index in [0.717, 1.165) is 11.1 Å². The molecule has 2 N–H and O–H groups in total. The summed E-state index contributed by atoms with van der Waals surface area (Å²) in [5.41, 5.74) is 5.47. The summed E-state index contributed by atoms with van der Waals surface area (Å²) in [4.78, 5) is 41.4. The molecule has 8 heteroatoms. The monoisotopic (exact) mass is 532 g/mol. The predicted molar refractivity (Wildman–Crippen MR) is 142 cm³/mol. The molecule has 1 aliphatic heterocycles. The number of carbonyl (C=O) groups is 3. The van der Waals surface area contributed by atoms with E-state index >= 15 is 0 Å². The maximum Gasteiger partial charge on any atom is 0.329 e. The minimum atomic E-state index is -1.11. The Bertz CT molecular complexity index is 1130. The Morgan fingerprint density at radius 3 is 2.28 bits per heavy atom. The third-order valence-corrected chi connectivity index (χ3v) is 7.04. The number of esters is 1. The molecule has 4 atom stereocenters. The van der Waals surface area contributed by atoms with Gasteiger partial charge in [0.25, 0.3) is 0 Å². The second-order valence-corrected chi connectivity index (χ2v) is 11.6. The van der Waals surface area contributed by atoms with E-state index in [0.29, 0.717) is 22.9 Å². The van der Waals surface area contributed by atoms with Gasteiger partial charge in [0, 0.05) is 22.4 Å². The van der Waals surface area contributed by atoms with Crippen LogP contribution in [0.4, 0.5) is 0 Å². The standard InChI is InChI=1S/C28H34Cl2N2O4/c1-6-22(25(34)36-27(2,3)4)32-24(17-10-12-19(29)13-11-17)21(18-8-7-9-20(30)14-18)15-28(5,26(32)35)16-23(31)33/h7-14,21-22,24H,6,15-16H2,1-5H3,(H2,31,33)/t21-,22?,24?,28-/m1/s1. The second kappa shape index (κ2) is 10.8. The summed E-state index contributed by atoms with van der Waals surface area (Å²) in [6, 6.07) is 13.3. The number of nitrogens with zero attached hydrogens (tertiary/aromatic N) is 1. The summed E-state index contributed by atoms with van der Waals surface area (Å²) in [5, 5.41) is 1.12. The van der Waals surface area contributed by atoms with Crippen molar-refractivity contribution in [2.75, 3.05) is 0 Å². The van der Waals surface area contributed by atoms with Crippen LogP contribution in [-0.2, 0) is 19.1 Å². The lowest BCUT2D eigenvalue weighted by molar-refractivity contribution is -0.174. The summed E-state index contributed by atoms with van der Waals surface area (Å²) in [6.07, 6.45) is 0.542. The number of carbonyl (C=O) groups excluding carboxylic acids is 3. The Balaban J connectivity index is 2.25. The largest absolute Gasteiger partial charge is 0.458 e. The normalized spacial score (nSPS) is 23.3. The Morgan fingerprint density at radius 2 is 1.75 bits per heavy atom. The van der Waals surface area contributed by atoms with Crippen molar-refractivity contribution >= 4 is 41.0 Å². The van der Waals surface area contributed by atoms with Gasteiger partial charge >= 0.3 is 5.97 Å². The van der Waals surface area contributed by atoms with Crippen molar-refractivity contribution in [3.8, 4) is 0 Å². The minimum Gasteiger partial charge on any atom is -0.458 e. The van der Waals surface area contributed by atoms with Crippen molar-refractivity contribution in [2.45, 2.75) is 77.5 Å². The van der Waals surface area contributed by atoms with Gasteiger partial charge in [-0.15, -0.1) is 0 Å². The first-order valence-corrected chi connectivity index (χ1v) is 12.9. The van der Waals surface area contributed by atoms with Crippen molar-refractivity contribution in [1.29, 1.82) is 0 Å². The molecular formula is C28H34Cl2N2O4. The number of rotatable bonds is 7. The maximum atomic E-state index is 14.2. The van der Waals surface area contributed by atoms with Gasteiger partial charge < -0.3 is 15.4 Å². The third-order valence-electron chi connectivity index (χ3n) is 6.56. The summed E-state index contributed by atoms with van der Waals surface area (Å²) in [7, 11) is 0. The number of primary amides is 1. The SMILES string of the molecule is CCC(C(=O)OC(C)(C)C)N1C(=O)[C@@](C)(CC(N)=O)C[C@H](c2cccc(Cl)c2)C1c1ccc(Cl)cc1. The smallest absolute Gasteiger partial charge is 0.329 e. The molecule has 1 heterocycles. The second-order valence-electron chi connectivity index (χ2n) is 10.7. The van der Waals surface area contributed by atoms with Gasteiger partial charge in [-0.1, -0.05) is 61.3 Å². The number of amides is 2. The van der Waals surface area contributed by atoms with Crippen molar-refractivity contribution < 1.29 is 19.1 Å². The van der Waals surface area contributed by atoms with Crippen molar-refractivity contribution in [3.05, 3.63) is 69.7 Å². The molecule has 0 bridgehead atoms. The average Bonchev–Trinajstić information content (AvgIpc) is 2.76. The lowest BCUT2D eigenvalue weighted by atomic mass is 9.67. The van der Waals surface area contributed by atoms with Gasteiger partial charge in [0.05, 0.1) is 11.5 Å². The van der Waals surface area contributed by atoms with E-state index in [1.165, 1.54) is 0 Å². The quantitative estimate of drug-likeness (QED) is 0.439. The fourth-order valence-corrected chi connectivity index (χ4v) is 5.45. The van der Waals surface area contributed by atoms with E-state index in [1.54, 1.807) is 50.8 Å². The summed E-state index contributed by atoms with van der Waals surface area (Å²) in [5.74, 6) is -1.66. The average molecular weight is 533 g/mol. The lowest BCUT2D eigenvalue weighted by Crippen LogP contribution is -2.58. The molecule has 2 aromatic rings. The molecule has 0 radical (unpaired) electrons. The first-order chi connectivity index (χ1) is 16.8. The van der Waals surface area contributed by atoms with Crippen molar-refractivity contribution in [1.82, 2.24) is 4.90 Å². The van der Waals surface area contributed by atoms with Crippen LogP contribution in [0.5, 0.6) is 0 Å². The number of halogens is 2. The van der Waals surface area contributed by atoms with Gasteiger partial charge in [0.2, 0.25) is 11.8 Å². The van der Waals surface area contributed by atoms with Gasteiger partial charge in [0.15, 0.2) is 0 Å². The van der Waals surface area contributed by atoms with Crippen LogP contribution in [0.1, 0.15) is 77.0 Å². The van der Waals surface area contributed by atoms with Gasteiger partial charge in [-0.25, -0.2) is 4.79 Å². The molecule has 0 saturated carbocycles. The van der Waals surface area contributed by atoms with Gasteiger partial charge in [-0.05, 0) is 69.0 Å². The third kappa shape index (κ3) is 6.22. The molecule has 36 heavy (non-hydrogen) atoms. The number of hydrogen-bond acceptors (Lipinski definition) is 4. The molecule has 3 rings (SSSR count). The topological polar surface area (TPSA) is 89.7 Å². The molecule has 6 nitrogen and oxygen atoms in total. The molecule has 194 valence electrons. The molecule has 2 aromatic carbocycles. The summed E-state index contributed by atoms with van der Waals surface area (Å²) < 4.78 is 5.74. The van der Waals surface area contributed by atoms with Gasteiger partial charge in [-0.3, -0.25) is 9.59 Å². The maximum absolute atomic E-state index is 14.2. The first-order valence-electron chi connectivity index (χ1n) is 12.1. The molecule has 0 aromatic heterocycles. The zero-order valence-corrected chi connectivity index (χ0v) is 22.9. The summed E-state index contributed by atoms with van der Waals surface area (Å²) in [6.45, 7) is 8.95. The Kier molecular flexibility index (Phi) is 8.41. The molecular weight excluding hydrogens is 499 g/mol. The zero-order valence-electron chi connectivity index (χ0n) is 21.4. The van der Waals surface area contributed by atoms with E-state index in [9.17, 15) is 14.4 Å². The van der Waals surface area contributed by atoms with Crippen LogP contribution in [0.15, 0.2) is 48.5 Å². The van der Waals surface area contributed by atoms with E-state index in [2.05, 4.69) is 0 Å². The number of benzene rings is 2. The number of ether oxygens (including phenoxy) is 1. The number of nitrogens with two attached hydrogens (primary N) is 1. The van der Waals surface area contributed by atoms with Crippen LogP contribution in [0.3, 0.4) is 0 Å². The van der Waals surface area contributed by atoms with E-state index in [-0.39, 0.29) is 18.2 Å². The van der Waals surface area contributed by atoms with Gasteiger partial charge in [0.1, 0.15) is 11.6 Å². The van der Waals surface area contributed by atoms with Gasteiger partial charge in [-0.2, -0.15) is 0 Å². The molecule has 2 unspecified atom stereocenters. The van der Waals surface area contributed by atoms with Crippen LogP contribution in [-0.4, -0.2) is 34.3 Å². The van der Waals surface area contributed by atoms with Crippen LogP contribution in [0, 0.1) is 5.41 Å². The molecule has 1 fully saturated rings. The summed E-state index contributed by atoms with van der Waals surface area (Å²) >= 11 is 12.5. The fraction of sp³-hybridized carbons (Fsp3) is 0.464. The molecule has 0 spiro atoms. The van der Waals surface area contributed by atoms with Crippen LogP contribution >= 0.6 is 23.2 Å². The highest BCUT2D eigenvalue weighted by molar-refractivity contribution is 6.30. The number of piperidine rings is 1. The Morgan fingerprint density at radius 1 is 1.11 bits per heavy atom. The number of likely N-dealkylation sites (tertiary alicyclic amines) is 1. The highest BCUT2D eigenvalue weighted by Gasteiger charge is 2.53. The van der Waals surface area contributed by atoms with E-state index in [4.69, 9.17) is 33.7 Å². The highest BCUT2D eigenvalue weighted by Crippen LogP contribution is 2.52. The van der Waals surface area contributed by atoms with Crippen LogP contribution < -0.4 is 5.73 Å². The number of hydrogen-bond donors (Lipinski definition) is 1. The van der Waals surface area contributed by atoms with E-state index in [1.807, 2.05) is 37.3 Å². The minimum absolute atomic E-state index is 0.141. The van der Waals surface area contributed by atoms with Crippen LogP contribution in [0.2, 0.25) is 10.0 Å². The first kappa shape index (κ1) is 28.0. The zero-order chi connectivity index (χ0) is 26.8. The Hall–Kier alpha value is -2.57. The van der Waals surface area contributed by atoms with Crippen molar-refractivity contribution in [2.24, 2.45) is 11.1 Å². The van der Waals surface area contributed by atoms with E-state index < -0.39 is 35.0 Å². The highest BCUT2D eigenvalue weighted by atomic mass is 35.5. The molecule has 1 saturated heterocycles. The van der Waals surface area contributed by atoms with Crippen LogP contribution in [0.25, 0.3) is 0 Å². The molecule has 0 aliphatic carbocycles. The molecule has 2 amide bonds. The lowest BCUT2D eigenvalue weighted by Gasteiger charge is -2.51. The van der Waals surface area contributed by atoms with Crippen molar-refractivity contribution in [3.63, 3.8) is 0 Å². The molecule has 1 aliphatic rings. The fourth-order valence-electron chi connectivity index (χ4n) is 5.12. The predicted octanol–water partition coefficient (Wildman–Crippen LogP) is 6.05.